The molecule has 0 amide bonds. The van der Waals surface area contributed by atoms with Gasteiger partial charge in [0.2, 0.25) is 0 Å². The molecule has 1 aliphatic heterocycles. The van der Waals surface area contributed by atoms with Crippen molar-refractivity contribution < 1.29 is 4.39 Å². The first-order valence-corrected chi connectivity index (χ1v) is 9.40. The van der Waals surface area contributed by atoms with E-state index in [4.69, 9.17) is 5.73 Å². The number of pyridine rings is 2. The molecule has 28 heavy (non-hydrogen) atoms. The zero-order valence-corrected chi connectivity index (χ0v) is 15.9. The molecule has 0 bridgehead atoms. The van der Waals surface area contributed by atoms with Crippen LogP contribution in [0.25, 0.3) is 22.4 Å². The minimum Gasteiger partial charge on any atom is -0.354 e. The summed E-state index contributed by atoms with van der Waals surface area (Å²) >= 11 is 0. The van der Waals surface area contributed by atoms with Crippen molar-refractivity contribution in [2.24, 2.45) is 17.6 Å². The van der Waals surface area contributed by atoms with E-state index in [1.807, 2.05) is 17.0 Å². The molecule has 0 aliphatic carbocycles. The number of anilines is 1. The Morgan fingerprint density at radius 1 is 1.43 bits per heavy atom. The van der Waals surface area contributed by atoms with Gasteiger partial charge in [0.15, 0.2) is 17.3 Å². The molecule has 4 heterocycles. The topological polar surface area (TPSA) is 108 Å². The summed E-state index contributed by atoms with van der Waals surface area (Å²) < 4.78 is 14.8. The van der Waals surface area contributed by atoms with Crippen molar-refractivity contribution in [3.63, 3.8) is 0 Å². The van der Waals surface area contributed by atoms with E-state index >= 15 is 0 Å². The first kappa shape index (κ1) is 18.3. The van der Waals surface area contributed by atoms with Crippen LogP contribution in [-0.2, 0) is 0 Å². The summed E-state index contributed by atoms with van der Waals surface area (Å²) in [5.41, 5.74) is 7.94. The van der Waals surface area contributed by atoms with E-state index in [0.29, 0.717) is 36.0 Å². The van der Waals surface area contributed by atoms with Gasteiger partial charge in [-0.1, -0.05) is 13.8 Å². The van der Waals surface area contributed by atoms with Gasteiger partial charge in [0.05, 0.1) is 11.3 Å². The molecule has 3 aromatic heterocycles. The predicted octanol–water partition coefficient (Wildman–Crippen LogP) is 2.84. The van der Waals surface area contributed by atoms with Crippen molar-refractivity contribution >= 4 is 16.9 Å². The van der Waals surface area contributed by atoms with Crippen LogP contribution in [0.5, 0.6) is 0 Å². The number of aromatic amines is 1. The molecule has 0 aromatic carbocycles. The van der Waals surface area contributed by atoms with Crippen LogP contribution in [0.3, 0.4) is 0 Å². The largest absolute Gasteiger partial charge is 0.354 e. The molecule has 4 rings (SSSR count). The molecule has 1 unspecified atom stereocenters. The third kappa shape index (κ3) is 3.08. The third-order valence-electron chi connectivity index (χ3n) is 5.48. The monoisotopic (exact) mass is 379 g/mol. The molecule has 8 heteroatoms. The number of H-pyrrole nitrogens is 1. The van der Waals surface area contributed by atoms with E-state index in [1.54, 1.807) is 12.3 Å². The van der Waals surface area contributed by atoms with Gasteiger partial charge in [0, 0.05) is 30.7 Å². The Balaban J connectivity index is 1.75. The van der Waals surface area contributed by atoms with Gasteiger partial charge in [0.25, 0.3) is 0 Å². The van der Waals surface area contributed by atoms with E-state index < -0.39 is 5.82 Å². The Morgan fingerprint density at radius 2 is 2.25 bits per heavy atom. The highest BCUT2D eigenvalue weighted by molar-refractivity contribution is 5.91. The molecule has 1 saturated heterocycles. The molecule has 0 radical (unpaired) electrons. The van der Waals surface area contributed by atoms with Gasteiger partial charge in [0.1, 0.15) is 11.8 Å². The highest BCUT2D eigenvalue weighted by Gasteiger charge is 2.31. The van der Waals surface area contributed by atoms with Crippen LogP contribution in [-0.4, -0.2) is 39.3 Å². The zero-order valence-electron chi connectivity index (χ0n) is 15.9. The standard InChI is InChI=1S/C20H22FN7/c1-11(2)16(23)12-5-7-28(10-12)20-15(21)8-13(9-22)17(25-20)18-14-4-3-6-24-19(14)27-26-18/h3-4,6,8,11-12,16H,5,7,10,23H2,1-2H3,(H,24,26,27)/t12-,16?/m0/s1. The molecular weight excluding hydrogens is 357 g/mol. The maximum atomic E-state index is 14.8. The lowest BCUT2D eigenvalue weighted by atomic mass is 9.91. The molecule has 144 valence electrons. The summed E-state index contributed by atoms with van der Waals surface area (Å²) in [5, 5.41) is 17.3. The number of aromatic nitrogens is 4. The van der Waals surface area contributed by atoms with Gasteiger partial charge in [-0.15, -0.1) is 0 Å². The number of nitrogens with one attached hydrogen (secondary N) is 1. The number of nitriles is 1. The van der Waals surface area contributed by atoms with Crippen molar-refractivity contribution in [2.75, 3.05) is 18.0 Å². The van der Waals surface area contributed by atoms with E-state index in [9.17, 15) is 9.65 Å². The van der Waals surface area contributed by atoms with Gasteiger partial charge in [-0.3, -0.25) is 5.10 Å². The molecule has 3 aromatic rings. The highest BCUT2D eigenvalue weighted by Crippen LogP contribution is 2.33. The molecule has 3 N–H and O–H groups in total. The SMILES string of the molecule is CC(C)C(N)[C@H]1CCN(c2nc(-c3[nH]nc4ncccc34)c(C#N)cc2F)C1. The second-order valence-electron chi connectivity index (χ2n) is 7.59. The number of nitrogens with zero attached hydrogens (tertiary/aromatic N) is 5. The Morgan fingerprint density at radius 3 is 3.00 bits per heavy atom. The maximum absolute atomic E-state index is 14.8. The van der Waals surface area contributed by atoms with Crippen LogP contribution >= 0.6 is 0 Å². The van der Waals surface area contributed by atoms with Crippen molar-refractivity contribution in [3.8, 4) is 17.5 Å². The van der Waals surface area contributed by atoms with Gasteiger partial charge in [-0.05, 0) is 36.5 Å². The van der Waals surface area contributed by atoms with Crippen LogP contribution < -0.4 is 10.6 Å². The van der Waals surface area contributed by atoms with Gasteiger partial charge < -0.3 is 10.6 Å². The first-order chi connectivity index (χ1) is 13.5. The lowest BCUT2D eigenvalue weighted by molar-refractivity contribution is 0.365. The molecule has 1 fully saturated rings. The van der Waals surface area contributed by atoms with E-state index in [2.05, 4.69) is 34.0 Å². The highest BCUT2D eigenvalue weighted by atomic mass is 19.1. The Hall–Kier alpha value is -3.05. The minimum absolute atomic E-state index is 0.0635. The fraction of sp³-hybridized carbons (Fsp3) is 0.400. The summed E-state index contributed by atoms with van der Waals surface area (Å²) in [6.45, 7) is 5.54. The Kier molecular flexibility index (Phi) is 4.69. The van der Waals surface area contributed by atoms with Crippen LogP contribution in [0.4, 0.5) is 10.2 Å². The summed E-state index contributed by atoms with van der Waals surface area (Å²) in [4.78, 5) is 10.7. The number of fused-ring (bicyclic) bond motifs is 1. The number of hydrogen-bond donors (Lipinski definition) is 2. The van der Waals surface area contributed by atoms with E-state index in [1.165, 1.54) is 6.07 Å². The third-order valence-corrected chi connectivity index (χ3v) is 5.48. The second-order valence-corrected chi connectivity index (χ2v) is 7.59. The van der Waals surface area contributed by atoms with E-state index in [0.717, 1.165) is 11.8 Å². The average Bonchev–Trinajstić information content (AvgIpc) is 3.34. The lowest BCUT2D eigenvalue weighted by Gasteiger charge is -2.24. The number of nitrogens with two attached hydrogens (primary N) is 1. The maximum Gasteiger partial charge on any atom is 0.181 e. The van der Waals surface area contributed by atoms with Gasteiger partial charge in [-0.25, -0.2) is 14.4 Å². The number of halogens is 1. The van der Waals surface area contributed by atoms with Crippen LogP contribution in [0.1, 0.15) is 25.8 Å². The van der Waals surface area contributed by atoms with Gasteiger partial charge in [-0.2, -0.15) is 10.4 Å². The van der Waals surface area contributed by atoms with E-state index in [-0.39, 0.29) is 23.3 Å². The summed E-state index contributed by atoms with van der Waals surface area (Å²) in [6.07, 6.45) is 2.54. The van der Waals surface area contributed by atoms with Crippen molar-refractivity contribution in [3.05, 3.63) is 35.8 Å². The van der Waals surface area contributed by atoms with Crippen molar-refractivity contribution in [2.45, 2.75) is 26.3 Å². The minimum atomic E-state index is -0.499. The smallest absolute Gasteiger partial charge is 0.181 e. The quantitative estimate of drug-likeness (QED) is 0.722. The van der Waals surface area contributed by atoms with Crippen LogP contribution in [0.15, 0.2) is 24.4 Å². The lowest BCUT2D eigenvalue weighted by Crippen LogP contribution is -2.37. The van der Waals surface area contributed by atoms with Crippen LogP contribution in [0, 0.1) is 29.0 Å². The van der Waals surface area contributed by atoms with Crippen molar-refractivity contribution in [1.29, 1.82) is 5.26 Å². The Bertz CT molecular complexity index is 1050. The normalized spacial score (nSPS) is 18.0. The Labute approximate surface area is 162 Å². The second kappa shape index (κ2) is 7.17. The average molecular weight is 379 g/mol. The molecule has 2 atom stereocenters. The molecule has 0 spiro atoms. The van der Waals surface area contributed by atoms with Crippen LogP contribution in [0.2, 0.25) is 0 Å². The zero-order chi connectivity index (χ0) is 19.8. The predicted molar refractivity (Wildman–Crippen MR) is 105 cm³/mol. The van der Waals surface area contributed by atoms with Crippen molar-refractivity contribution in [1.82, 2.24) is 20.2 Å². The van der Waals surface area contributed by atoms with Gasteiger partial charge >= 0.3 is 0 Å². The molecule has 0 saturated carbocycles. The molecule has 7 nitrogen and oxygen atoms in total. The first-order valence-electron chi connectivity index (χ1n) is 9.40. The summed E-state index contributed by atoms with van der Waals surface area (Å²) in [6, 6.07) is 6.99. The number of rotatable bonds is 4. The summed E-state index contributed by atoms with van der Waals surface area (Å²) in [7, 11) is 0. The molecular formula is C20H22FN7. The summed E-state index contributed by atoms with van der Waals surface area (Å²) in [5.74, 6) is 0.403. The fourth-order valence-electron chi connectivity index (χ4n) is 3.85. The molecule has 1 aliphatic rings. The fourth-order valence-corrected chi connectivity index (χ4v) is 3.85. The number of hydrogen-bond acceptors (Lipinski definition) is 6.